The highest BCUT2D eigenvalue weighted by atomic mass is 16.5. The summed E-state index contributed by atoms with van der Waals surface area (Å²) in [5.41, 5.74) is 8.76. The van der Waals surface area contributed by atoms with Gasteiger partial charge in [0.1, 0.15) is 18.1 Å². The number of carbonyl (C=O) groups excluding carboxylic acids is 1. The van der Waals surface area contributed by atoms with Crippen LogP contribution in [0.3, 0.4) is 0 Å². The lowest BCUT2D eigenvalue weighted by Crippen LogP contribution is -2.51. The fraction of sp³-hybridized carbons (Fsp3) is 0.577. The normalized spacial score (nSPS) is 30.4. The predicted octanol–water partition coefficient (Wildman–Crippen LogP) is 3.37. The average molecular weight is 438 g/mol. The molecule has 1 aromatic carbocycles. The number of nitrogens with two attached hydrogens (primary N) is 1. The minimum atomic E-state index is -0.819. The maximum Gasteiger partial charge on any atom is 0.229 e. The Hall–Kier alpha value is -2.47. The number of ether oxygens (including phenoxy) is 2. The first-order valence-electron chi connectivity index (χ1n) is 11.9. The predicted molar refractivity (Wildman–Crippen MR) is 126 cm³/mol. The van der Waals surface area contributed by atoms with E-state index in [1.165, 1.54) is 11.1 Å². The van der Waals surface area contributed by atoms with E-state index >= 15 is 0 Å². The summed E-state index contributed by atoms with van der Waals surface area (Å²) in [5, 5.41) is 3.54. The summed E-state index contributed by atoms with van der Waals surface area (Å²) in [5.74, 6) is 1.31. The largest absolute Gasteiger partial charge is 0.497 e. The number of amides is 1. The van der Waals surface area contributed by atoms with Gasteiger partial charge in [0, 0.05) is 29.8 Å². The van der Waals surface area contributed by atoms with E-state index in [1.54, 1.807) is 7.11 Å². The number of likely N-dealkylation sites (tertiary alicyclic amines) is 1. The van der Waals surface area contributed by atoms with E-state index in [2.05, 4.69) is 42.4 Å². The summed E-state index contributed by atoms with van der Waals surface area (Å²) in [7, 11) is 3.82. The fourth-order valence-corrected chi connectivity index (χ4v) is 6.10. The molecule has 0 radical (unpaired) electrons. The molecule has 2 aliphatic heterocycles. The molecule has 3 N–H and O–H groups in total. The lowest BCUT2D eigenvalue weighted by molar-refractivity contribution is -0.129. The summed E-state index contributed by atoms with van der Waals surface area (Å²) in [6.45, 7) is 4.82. The average Bonchev–Trinajstić information content (AvgIpc) is 3.60. The highest BCUT2D eigenvalue weighted by molar-refractivity contribution is 5.88. The van der Waals surface area contributed by atoms with E-state index in [0.717, 1.165) is 62.4 Å². The molecule has 4 aliphatic rings. The third-order valence-corrected chi connectivity index (χ3v) is 8.36. The standard InChI is InChI=1S/C26H35N3O3/c1-17-6-7-19(32-16-18-8-12-29(18)2)15-26(17,24(27)30)25(9-10-25)22-13-20(31-3)14-23-21(22)5-4-11-28-23/h6-7,13-15,17-18,28H,4-5,8-12,16H2,1-3H3,(H2,27,30). The van der Waals surface area contributed by atoms with E-state index in [-0.39, 0.29) is 17.2 Å². The molecule has 32 heavy (non-hydrogen) atoms. The third-order valence-electron chi connectivity index (χ3n) is 8.36. The minimum absolute atomic E-state index is 0.0142. The van der Waals surface area contributed by atoms with E-state index < -0.39 is 5.41 Å². The van der Waals surface area contributed by atoms with Gasteiger partial charge in [-0.15, -0.1) is 0 Å². The highest BCUT2D eigenvalue weighted by Gasteiger charge is 2.65. The maximum absolute atomic E-state index is 13.3. The minimum Gasteiger partial charge on any atom is -0.497 e. The first-order chi connectivity index (χ1) is 15.4. The molecule has 2 fully saturated rings. The number of methoxy groups -OCH3 is 1. The molecule has 6 nitrogen and oxygen atoms in total. The molecule has 3 unspecified atom stereocenters. The molecule has 1 saturated heterocycles. The van der Waals surface area contributed by atoms with Crippen molar-refractivity contribution in [3.63, 3.8) is 0 Å². The van der Waals surface area contributed by atoms with Crippen LogP contribution in [0.25, 0.3) is 0 Å². The monoisotopic (exact) mass is 437 g/mol. The number of carbonyl (C=O) groups is 1. The van der Waals surface area contributed by atoms with E-state index in [0.29, 0.717) is 12.6 Å². The van der Waals surface area contributed by atoms with Gasteiger partial charge in [0.2, 0.25) is 5.91 Å². The van der Waals surface area contributed by atoms with Crippen LogP contribution in [0.4, 0.5) is 5.69 Å². The number of rotatable bonds is 7. The molecule has 2 aliphatic carbocycles. The van der Waals surface area contributed by atoms with Crippen LogP contribution in [-0.2, 0) is 21.4 Å². The first-order valence-corrected chi connectivity index (χ1v) is 11.9. The number of hydrogen-bond donors (Lipinski definition) is 2. The molecule has 0 aromatic heterocycles. The van der Waals surface area contributed by atoms with Gasteiger partial charge in [0.25, 0.3) is 0 Å². The van der Waals surface area contributed by atoms with Crippen molar-refractivity contribution in [3.8, 4) is 5.75 Å². The van der Waals surface area contributed by atoms with Crippen molar-refractivity contribution in [2.75, 3.05) is 39.2 Å². The summed E-state index contributed by atoms with van der Waals surface area (Å²) in [6, 6.07) is 4.67. The summed E-state index contributed by atoms with van der Waals surface area (Å²) < 4.78 is 11.9. The summed E-state index contributed by atoms with van der Waals surface area (Å²) >= 11 is 0. The van der Waals surface area contributed by atoms with Gasteiger partial charge in [-0.2, -0.15) is 0 Å². The van der Waals surface area contributed by atoms with Crippen LogP contribution in [0.2, 0.25) is 0 Å². The lowest BCUT2D eigenvalue weighted by Gasteiger charge is -2.44. The van der Waals surface area contributed by atoms with Crippen molar-refractivity contribution < 1.29 is 14.3 Å². The number of benzene rings is 1. The Bertz CT molecular complexity index is 981. The molecule has 0 spiro atoms. The number of likely N-dealkylation sites (N-methyl/N-ethyl adjacent to an activating group) is 1. The maximum atomic E-state index is 13.3. The summed E-state index contributed by atoms with van der Waals surface area (Å²) in [6.07, 6.45) is 11.3. The molecule has 3 atom stereocenters. The van der Waals surface area contributed by atoms with Gasteiger partial charge in [-0.05, 0) is 81.0 Å². The van der Waals surface area contributed by atoms with Gasteiger partial charge in [0.15, 0.2) is 0 Å². The number of primary amides is 1. The van der Waals surface area contributed by atoms with Crippen LogP contribution in [0, 0.1) is 11.3 Å². The van der Waals surface area contributed by atoms with Crippen molar-refractivity contribution in [1.29, 1.82) is 0 Å². The molecule has 6 heteroatoms. The second-order valence-corrected chi connectivity index (χ2v) is 9.98. The molecule has 1 saturated carbocycles. The summed E-state index contributed by atoms with van der Waals surface area (Å²) in [4.78, 5) is 15.6. The van der Waals surface area contributed by atoms with Gasteiger partial charge in [-0.1, -0.05) is 13.0 Å². The molecule has 172 valence electrons. The Balaban J connectivity index is 1.57. The van der Waals surface area contributed by atoms with Crippen LogP contribution in [-0.4, -0.2) is 50.7 Å². The third kappa shape index (κ3) is 3.14. The van der Waals surface area contributed by atoms with Crippen LogP contribution in [0.15, 0.2) is 36.1 Å². The van der Waals surface area contributed by atoms with Crippen molar-refractivity contribution in [1.82, 2.24) is 4.90 Å². The zero-order valence-corrected chi connectivity index (χ0v) is 19.4. The number of nitrogens with zero attached hydrogens (tertiary/aromatic N) is 1. The molecule has 1 aromatic rings. The zero-order valence-electron chi connectivity index (χ0n) is 19.4. The number of nitrogens with one attached hydrogen (secondary N) is 1. The van der Waals surface area contributed by atoms with Gasteiger partial charge in [-0.3, -0.25) is 9.69 Å². The van der Waals surface area contributed by atoms with Gasteiger partial charge in [-0.25, -0.2) is 0 Å². The Labute approximate surface area is 190 Å². The van der Waals surface area contributed by atoms with Crippen LogP contribution < -0.4 is 15.8 Å². The zero-order chi connectivity index (χ0) is 22.5. The van der Waals surface area contributed by atoms with E-state index in [4.69, 9.17) is 15.2 Å². The topological polar surface area (TPSA) is 76.8 Å². The SMILES string of the molecule is COc1cc2c(c(C3(C4(C(N)=O)C=C(OCC5CCN5C)C=CC4C)CC3)c1)CCCN2. The number of fused-ring (bicyclic) bond motifs is 1. The quantitative estimate of drug-likeness (QED) is 0.684. The second kappa shape index (κ2) is 7.84. The Morgan fingerprint density at radius 3 is 2.78 bits per heavy atom. The highest BCUT2D eigenvalue weighted by Crippen LogP contribution is 2.66. The Kier molecular flexibility index (Phi) is 5.24. The molecule has 1 amide bonds. The molecular weight excluding hydrogens is 402 g/mol. The molecule has 5 rings (SSSR count). The molecule has 2 heterocycles. The number of hydrogen-bond acceptors (Lipinski definition) is 5. The van der Waals surface area contributed by atoms with E-state index in [9.17, 15) is 4.79 Å². The van der Waals surface area contributed by atoms with Crippen LogP contribution in [0.5, 0.6) is 5.75 Å². The fourth-order valence-electron chi connectivity index (χ4n) is 6.10. The smallest absolute Gasteiger partial charge is 0.229 e. The van der Waals surface area contributed by atoms with Gasteiger partial charge < -0.3 is 20.5 Å². The van der Waals surface area contributed by atoms with Crippen molar-refractivity contribution in [3.05, 3.63) is 47.2 Å². The second-order valence-electron chi connectivity index (χ2n) is 9.98. The van der Waals surface area contributed by atoms with Crippen molar-refractivity contribution in [2.45, 2.75) is 50.5 Å². The Morgan fingerprint density at radius 1 is 1.34 bits per heavy atom. The van der Waals surface area contributed by atoms with Crippen molar-refractivity contribution in [2.24, 2.45) is 17.1 Å². The number of allylic oxidation sites excluding steroid dienone is 2. The first kappa shape index (κ1) is 21.4. The van der Waals surface area contributed by atoms with E-state index in [1.807, 2.05) is 12.2 Å². The van der Waals surface area contributed by atoms with Crippen LogP contribution in [0.1, 0.15) is 43.7 Å². The van der Waals surface area contributed by atoms with Crippen LogP contribution >= 0.6 is 0 Å². The van der Waals surface area contributed by atoms with Gasteiger partial charge >= 0.3 is 0 Å². The molecular formula is C26H35N3O3. The lowest BCUT2D eigenvalue weighted by atomic mass is 9.59. The van der Waals surface area contributed by atoms with Gasteiger partial charge in [0.05, 0.1) is 12.5 Å². The van der Waals surface area contributed by atoms with Crippen molar-refractivity contribution >= 4 is 11.6 Å². The number of anilines is 1. The molecule has 0 bridgehead atoms. The Morgan fingerprint density at radius 2 is 2.16 bits per heavy atom.